The Balaban J connectivity index is 1.72. The molecule has 2 unspecified atom stereocenters. The number of Topliss-reactive ketones (excluding diaryl/α,β-unsaturated/α-hetero) is 1. The molecule has 0 saturated heterocycles. The number of hydrogen-bond donors (Lipinski definition) is 1. The van der Waals surface area contributed by atoms with Gasteiger partial charge in [0.1, 0.15) is 11.5 Å². The molecule has 2 aliphatic rings. The fourth-order valence-corrected chi connectivity index (χ4v) is 4.58. The minimum absolute atomic E-state index is 0.0215. The first-order valence-corrected chi connectivity index (χ1v) is 9.34. The molecular weight excluding hydrogens is 314 g/mol. The van der Waals surface area contributed by atoms with Crippen molar-refractivity contribution in [3.8, 4) is 5.75 Å². The Kier molecular flexibility index (Phi) is 4.42. The maximum absolute atomic E-state index is 13.1. The third kappa shape index (κ3) is 2.57. The van der Waals surface area contributed by atoms with Crippen molar-refractivity contribution in [2.24, 2.45) is 16.2 Å². The topological polar surface area (TPSA) is 55.4 Å². The summed E-state index contributed by atoms with van der Waals surface area (Å²) < 4.78 is 5.66. The Bertz CT molecular complexity index is 679. The fourth-order valence-electron chi connectivity index (χ4n) is 4.58. The lowest BCUT2D eigenvalue weighted by molar-refractivity contribution is -0.131. The second kappa shape index (κ2) is 6.15. The van der Waals surface area contributed by atoms with Crippen LogP contribution in [0.15, 0.2) is 24.3 Å². The standard InChI is InChI=1S/C21H29NO3/c1-5-6-13-25-16-9-7-15(8-10-16)22-18(24)21-12-11-20(4,17(23)14-21)19(21,2)3/h7-10H,5-6,11-14H2,1-4H3,(H,22,24). The van der Waals surface area contributed by atoms with Gasteiger partial charge in [-0.15, -0.1) is 0 Å². The number of ether oxygens (including phenoxy) is 1. The molecular formula is C21H29NO3. The number of carbonyl (C=O) groups excluding carboxylic acids is 2. The number of anilines is 1. The van der Waals surface area contributed by atoms with Crippen molar-refractivity contribution in [3.63, 3.8) is 0 Å². The van der Waals surface area contributed by atoms with E-state index < -0.39 is 5.41 Å². The van der Waals surface area contributed by atoms with Crippen LogP contribution in [0.2, 0.25) is 0 Å². The zero-order chi connectivity index (χ0) is 18.3. The van der Waals surface area contributed by atoms with Crippen molar-refractivity contribution >= 4 is 17.4 Å². The van der Waals surface area contributed by atoms with E-state index in [-0.39, 0.29) is 22.5 Å². The van der Waals surface area contributed by atoms with Crippen molar-refractivity contribution in [3.05, 3.63) is 24.3 Å². The molecule has 4 nitrogen and oxygen atoms in total. The Morgan fingerprint density at radius 1 is 1.16 bits per heavy atom. The minimum atomic E-state index is -0.588. The molecule has 2 atom stereocenters. The molecule has 1 aromatic carbocycles. The molecule has 0 aromatic heterocycles. The first kappa shape index (κ1) is 18.0. The zero-order valence-electron chi connectivity index (χ0n) is 15.8. The van der Waals surface area contributed by atoms with Gasteiger partial charge in [-0.25, -0.2) is 0 Å². The number of fused-ring (bicyclic) bond motifs is 2. The van der Waals surface area contributed by atoms with Gasteiger partial charge < -0.3 is 10.1 Å². The van der Waals surface area contributed by atoms with Gasteiger partial charge in [0.2, 0.25) is 5.91 Å². The van der Waals surface area contributed by atoms with Crippen LogP contribution < -0.4 is 10.1 Å². The molecule has 0 radical (unpaired) electrons. The Hall–Kier alpha value is -1.84. The van der Waals surface area contributed by atoms with Crippen LogP contribution >= 0.6 is 0 Å². The van der Waals surface area contributed by atoms with E-state index in [2.05, 4.69) is 26.1 Å². The molecule has 1 amide bonds. The quantitative estimate of drug-likeness (QED) is 0.769. The molecule has 136 valence electrons. The van der Waals surface area contributed by atoms with Crippen LogP contribution in [0.5, 0.6) is 5.75 Å². The van der Waals surface area contributed by atoms with Crippen LogP contribution in [0.4, 0.5) is 5.69 Å². The van der Waals surface area contributed by atoms with Crippen molar-refractivity contribution in [1.29, 1.82) is 0 Å². The number of ketones is 1. The average Bonchev–Trinajstić information content (AvgIpc) is 2.87. The summed E-state index contributed by atoms with van der Waals surface area (Å²) in [6.07, 6.45) is 4.08. The highest BCUT2D eigenvalue weighted by molar-refractivity contribution is 6.04. The molecule has 2 bridgehead atoms. The molecule has 4 heteroatoms. The monoisotopic (exact) mass is 343 g/mol. The molecule has 2 fully saturated rings. The van der Waals surface area contributed by atoms with E-state index in [9.17, 15) is 9.59 Å². The van der Waals surface area contributed by atoms with E-state index in [1.54, 1.807) is 0 Å². The highest BCUT2D eigenvalue weighted by Gasteiger charge is 2.72. The van der Waals surface area contributed by atoms with E-state index in [1.165, 1.54) is 0 Å². The van der Waals surface area contributed by atoms with Crippen LogP contribution in [0.1, 0.15) is 59.8 Å². The van der Waals surface area contributed by atoms with E-state index in [1.807, 2.05) is 31.2 Å². The highest BCUT2D eigenvalue weighted by atomic mass is 16.5. The highest BCUT2D eigenvalue weighted by Crippen LogP contribution is 2.70. The predicted molar refractivity (Wildman–Crippen MR) is 98.7 cm³/mol. The average molecular weight is 343 g/mol. The lowest BCUT2D eigenvalue weighted by atomic mass is 9.64. The number of benzene rings is 1. The van der Waals surface area contributed by atoms with Gasteiger partial charge in [-0.1, -0.05) is 34.1 Å². The smallest absolute Gasteiger partial charge is 0.231 e. The molecule has 2 saturated carbocycles. The molecule has 1 aromatic rings. The Morgan fingerprint density at radius 3 is 2.36 bits per heavy atom. The molecule has 3 rings (SSSR count). The SMILES string of the molecule is CCCCOc1ccc(NC(=O)C23CCC(C)(C(=O)C2)C3(C)C)cc1. The zero-order valence-corrected chi connectivity index (χ0v) is 15.8. The van der Waals surface area contributed by atoms with Crippen LogP contribution in [0.3, 0.4) is 0 Å². The number of carbonyl (C=O) groups is 2. The van der Waals surface area contributed by atoms with E-state index in [0.29, 0.717) is 13.0 Å². The molecule has 2 aliphatic carbocycles. The third-order valence-corrected chi connectivity index (χ3v) is 7.02. The lowest BCUT2D eigenvalue weighted by Gasteiger charge is -2.38. The van der Waals surface area contributed by atoms with Crippen LogP contribution in [0.25, 0.3) is 0 Å². The van der Waals surface area contributed by atoms with Gasteiger partial charge in [0, 0.05) is 17.5 Å². The summed E-state index contributed by atoms with van der Waals surface area (Å²) in [6.45, 7) is 9.02. The van der Waals surface area contributed by atoms with Gasteiger partial charge in [0.25, 0.3) is 0 Å². The van der Waals surface area contributed by atoms with E-state index in [0.717, 1.165) is 37.1 Å². The number of unbranched alkanes of at least 4 members (excludes halogenated alkanes) is 1. The van der Waals surface area contributed by atoms with Crippen LogP contribution in [-0.4, -0.2) is 18.3 Å². The van der Waals surface area contributed by atoms with Gasteiger partial charge in [0.15, 0.2) is 0 Å². The molecule has 0 aliphatic heterocycles. The molecule has 25 heavy (non-hydrogen) atoms. The van der Waals surface area contributed by atoms with Crippen LogP contribution in [-0.2, 0) is 9.59 Å². The van der Waals surface area contributed by atoms with Gasteiger partial charge in [0.05, 0.1) is 12.0 Å². The second-order valence-corrected chi connectivity index (χ2v) is 8.32. The van der Waals surface area contributed by atoms with Gasteiger partial charge >= 0.3 is 0 Å². The van der Waals surface area contributed by atoms with Crippen molar-refractivity contribution < 1.29 is 14.3 Å². The van der Waals surface area contributed by atoms with E-state index in [4.69, 9.17) is 4.74 Å². The number of hydrogen-bond acceptors (Lipinski definition) is 3. The van der Waals surface area contributed by atoms with Crippen molar-refractivity contribution in [2.75, 3.05) is 11.9 Å². The van der Waals surface area contributed by atoms with Crippen LogP contribution in [0, 0.1) is 16.2 Å². The summed E-state index contributed by atoms with van der Waals surface area (Å²) in [4.78, 5) is 25.6. The van der Waals surface area contributed by atoms with Gasteiger partial charge in [-0.05, 0) is 48.9 Å². The number of amides is 1. The summed E-state index contributed by atoms with van der Waals surface area (Å²) in [7, 11) is 0. The fraction of sp³-hybridized carbons (Fsp3) is 0.619. The first-order chi connectivity index (χ1) is 11.8. The molecule has 0 heterocycles. The van der Waals surface area contributed by atoms with Crippen molar-refractivity contribution in [1.82, 2.24) is 0 Å². The predicted octanol–water partition coefficient (Wildman–Crippen LogP) is 4.59. The number of rotatable bonds is 6. The second-order valence-electron chi connectivity index (χ2n) is 8.32. The lowest BCUT2D eigenvalue weighted by Crippen LogP contribution is -2.43. The summed E-state index contributed by atoms with van der Waals surface area (Å²) in [5.41, 5.74) is -0.521. The Labute approximate surface area is 150 Å². The summed E-state index contributed by atoms with van der Waals surface area (Å²) in [6, 6.07) is 7.50. The minimum Gasteiger partial charge on any atom is -0.494 e. The third-order valence-electron chi connectivity index (χ3n) is 7.02. The maximum Gasteiger partial charge on any atom is 0.231 e. The normalized spacial score (nSPS) is 29.7. The maximum atomic E-state index is 13.1. The van der Waals surface area contributed by atoms with Gasteiger partial charge in [-0.3, -0.25) is 9.59 Å². The van der Waals surface area contributed by atoms with Crippen molar-refractivity contribution in [2.45, 2.75) is 59.8 Å². The molecule has 0 spiro atoms. The summed E-state index contributed by atoms with van der Waals surface area (Å²) in [5.74, 6) is 1.03. The largest absolute Gasteiger partial charge is 0.494 e. The Morgan fingerprint density at radius 2 is 1.84 bits per heavy atom. The van der Waals surface area contributed by atoms with E-state index >= 15 is 0 Å². The molecule has 1 N–H and O–H groups in total. The summed E-state index contributed by atoms with van der Waals surface area (Å²) in [5, 5.41) is 3.04. The van der Waals surface area contributed by atoms with Gasteiger partial charge in [-0.2, -0.15) is 0 Å². The summed E-state index contributed by atoms with van der Waals surface area (Å²) >= 11 is 0. The number of nitrogens with one attached hydrogen (secondary N) is 1. The first-order valence-electron chi connectivity index (χ1n) is 9.34.